The van der Waals surface area contributed by atoms with Crippen LogP contribution in [0.5, 0.6) is 5.75 Å². The average Bonchev–Trinajstić information content (AvgIpc) is 2.72. The first-order valence-corrected chi connectivity index (χ1v) is 7.13. The van der Waals surface area contributed by atoms with Crippen molar-refractivity contribution in [2.45, 2.75) is 39.8 Å². The second-order valence-corrected chi connectivity index (χ2v) is 6.31. The average molecular weight is 275 g/mol. The summed E-state index contributed by atoms with van der Waals surface area (Å²) in [6.45, 7) is 10.9. The van der Waals surface area contributed by atoms with E-state index in [1.165, 1.54) is 5.56 Å². The second-order valence-electron chi connectivity index (χ2n) is 6.31. The van der Waals surface area contributed by atoms with Gasteiger partial charge in [0.25, 0.3) is 0 Å². The number of rotatable bonds is 3. The van der Waals surface area contributed by atoms with Crippen LogP contribution in [-0.2, 0) is 6.54 Å². The Morgan fingerprint density at radius 2 is 2.10 bits per heavy atom. The van der Waals surface area contributed by atoms with Gasteiger partial charge < -0.3 is 15.0 Å². The van der Waals surface area contributed by atoms with E-state index in [1.54, 1.807) is 0 Å². The minimum atomic E-state index is -0.190. The molecule has 0 radical (unpaired) electrons. The van der Waals surface area contributed by atoms with E-state index in [9.17, 15) is 0 Å². The number of hydrogen-bond acceptors (Lipinski definition) is 4. The van der Waals surface area contributed by atoms with Gasteiger partial charge in [-0.3, -0.25) is 4.99 Å². The highest BCUT2D eigenvalue weighted by Crippen LogP contribution is 2.24. The number of benzene rings is 1. The molecular formula is C16H25N3O. The van der Waals surface area contributed by atoms with Gasteiger partial charge in [0.05, 0.1) is 6.54 Å². The van der Waals surface area contributed by atoms with Crippen molar-refractivity contribution < 1.29 is 4.74 Å². The summed E-state index contributed by atoms with van der Waals surface area (Å²) in [4.78, 5) is 6.58. The summed E-state index contributed by atoms with van der Waals surface area (Å²) in [7, 11) is 2.06. The molecule has 0 atom stereocenters. The molecule has 110 valence electrons. The van der Waals surface area contributed by atoms with E-state index in [1.807, 2.05) is 0 Å². The fourth-order valence-corrected chi connectivity index (χ4v) is 2.13. The Balaban J connectivity index is 2.10. The minimum Gasteiger partial charge on any atom is -0.488 e. The third kappa shape index (κ3) is 3.89. The molecule has 2 rings (SSSR count). The molecule has 0 aliphatic carbocycles. The number of guanidine groups is 1. The summed E-state index contributed by atoms with van der Waals surface area (Å²) >= 11 is 0. The van der Waals surface area contributed by atoms with E-state index in [0.717, 1.165) is 36.9 Å². The van der Waals surface area contributed by atoms with Gasteiger partial charge >= 0.3 is 0 Å². The van der Waals surface area contributed by atoms with Crippen molar-refractivity contribution in [1.82, 2.24) is 10.2 Å². The summed E-state index contributed by atoms with van der Waals surface area (Å²) < 4.78 is 6.06. The lowest BCUT2D eigenvalue weighted by molar-refractivity contribution is 0.129. The van der Waals surface area contributed by atoms with Crippen LogP contribution in [0.2, 0.25) is 0 Å². The highest BCUT2D eigenvalue weighted by Gasteiger charge is 2.16. The molecule has 0 amide bonds. The molecule has 1 heterocycles. The van der Waals surface area contributed by atoms with Crippen molar-refractivity contribution in [2.75, 3.05) is 20.1 Å². The van der Waals surface area contributed by atoms with Gasteiger partial charge in [0, 0.05) is 25.7 Å². The fourth-order valence-electron chi connectivity index (χ4n) is 2.13. The first-order chi connectivity index (χ1) is 9.35. The molecule has 1 aliphatic rings. The molecule has 1 aromatic rings. The van der Waals surface area contributed by atoms with E-state index >= 15 is 0 Å². The van der Waals surface area contributed by atoms with Crippen molar-refractivity contribution >= 4 is 5.96 Å². The Hall–Kier alpha value is -1.71. The molecule has 1 aromatic carbocycles. The zero-order valence-electron chi connectivity index (χ0n) is 13.2. The molecule has 0 bridgehead atoms. The summed E-state index contributed by atoms with van der Waals surface area (Å²) in [5, 5.41) is 3.39. The number of nitrogens with zero attached hydrogens (tertiary/aromatic N) is 2. The third-order valence-corrected chi connectivity index (χ3v) is 3.13. The fraction of sp³-hybridized carbons (Fsp3) is 0.562. The lowest BCUT2D eigenvalue weighted by atomic mass is 10.1. The molecule has 0 spiro atoms. The van der Waals surface area contributed by atoms with Crippen LogP contribution in [0.3, 0.4) is 0 Å². The number of hydrogen-bond donors (Lipinski definition) is 1. The van der Waals surface area contributed by atoms with Gasteiger partial charge in [-0.2, -0.15) is 0 Å². The summed E-state index contributed by atoms with van der Waals surface area (Å²) in [6, 6.07) is 6.34. The molecule has 0 unspecified atom stereocenters. The third-order valence-electron chi connectivity index (χ3n) is 3.13. The van der Waals surface area contributed by atoms with Gasteiger partial charge in [-0.25, -0.2) is 0 Å². The largest absolute Gasteiger partial charge is 0.488 e. The predicted octanol–water partition coefficient (Wildman–Crippen LogP) is 2.56. The van der Waals surface area contributed by atoms with Crippen LogP contribution in [-0.4, -0.2) is 36.6 Å². The highest BCUT2D eigenvalue weighted by atomic mass is 16.5. The topological polar surface area (TPSA) is 36.9 Å². The number of aryl methyl sites for hydroxylation is 1. The van der Waals surface area contributed by atoms with Gasteiger partial charge in [-0.1, -0.05) is 12.1 Å². The zero-order chi connectivity index (χ0) is 14.8. The smallest absolute Gasteiger partial charge is 0.194 e. The summed E-state index contributed by atoms with van der Waals surface area (Å²) in [5.74, 6) is 1.92. The SMILES string of the molecule is Cc1ccc(CNC2=NCCN2C)c(OC(C)(C)C)c1. The maximum absolute atomic E-state index is 6.06. The van der Waals surface area contributed by atoms with Crippen molar-refractivity contribution in [3.8, 4) is 5.75 Å². The zero-order valence-corrected chi connectivity index (χ0v) is 13.2. The van der Waals surface area contributed by atoms with E-state index < -0.39 is 0 Å². The molecule has 20 heavy (non-hydrogen) atoms. The standard InChI is InChI=1S/C16H25N3O/c1-12-6-7-13(14(10-12)20-16(2,3)4)11-18-15-17-8-9-19(15)5/h6-7,10H,8-9,11H2,1-5H3,(H,17,18). The summed E-state index contributed by atoms with van der Waals surface area (Å²) in [5.41, 5.74) is 2.18. The first-order valence-electron chi connectivity index (χ1n) is 7.13. The molecule has 1 N–H and O–H groups in total. The monoisotopic (exact) mass is 275 g/mol. The number of ether oxygens (including phenoxy) is 1. The number of nitrogens with one attached hydrogen (secondary N) is 1. The molecule has 4 nitrogen and oxygen atoms in total. The van der Waals surface area contributed by atoms with Crippen molar-refractivity contribution in [1.29, 1.82) is 0 Å². The highest BCUT2D eigenvalue weighted by molar-refractivity contribution is 5.81. The summed E-state index contributed by atoms with van der Waals surface area (Å²) in [6.07, 6.45) is 0. The first kappa shape index (κ1) is 14.7. The number of aliphatic imine (C=N–C) groups is 1. The number of likely N-dealkylation sites (N-methyl/N-ethyl adjacent to an activating group) is 1. The quantitative estimate of drug-likeness (QED) is 0.921. The van der Waals surface area contributed by atoms with Crippen LogP contribution in [0.15, 0.2) is 23.2 Å². The molecular weight excluding hydrogens is 250 g/mol. The maximum Gasteiger partial charge on any atom is 0.194 e. The molecule has 4 heteroatoms. The van der Waals surface area contributed by atoms with Crippen LogP contribution >= 0.6 is 0 Å². The lowest BCUT2D eigenvalue weighted by Gasteiger charge is -2.24. The van der Waals surface area contributed by atoms with Crippen LogP contribution in [0.25, 0.3) is 0 Å². The molecule has 0 fully saturated rings. The normalized spacial score (nSPS) is 15.2. The van der Waals surface area contributed by atoms with Gasteiger partial charge in [0.15, 0.2) is 5.96 Å². The van der Waals surface area contributed by atoms with Crippen molar-refractivity contribution in [2.24, 2.45) is 4.99 Å². The van der Waals surface area contributed by atoms with Crippen LogP contribution in [0, 0.1) is 6.92 Å². The van der Waals surface area contributed by atoms with E-state index in [4.69, 9.17) is 4.74 Å². The Morgan fingerprint density at radius 3 is 2.70 bits per heavy atom. The molecule has 0 saturated heterocycles. The molecule has 0 saturated carbocycles. The Morgan fingerprint density at radius 1 is 1.35 bits per heavy atom. The van der Waals surface area contributed by atoms with Gasteiger partial charge in [-0.15, -0.1) is 0 Å². The maximum atomic E-state index is 6.06. The van der Waals surface area contributed by atoms with Gasteiger partial charge in [0.2, 0.25) is 0 Å². The lowest BCUT2D eigenvalue weighted by Crippen LogP contribution is -2.35. The van der Waals surface area contributed by atoms with E-state index in [0.29, 0.717) is 0 Å². The van der Waals surface area contributed by atoms with E-state index in [2.05, 4.69) is 68.2 Å². The molecule has 0 aromatic heterocycles. The van der Waals surface area contributed by atoms with Gasteiger partial charge in [0.1, 0.15) is 11.4 Å². The van der Waals surface area contributed by atoms with E-state index in [-0.39, 0.29) is 5.60 Å². The second kappa shape index (κ2) is 5.73. The van der Waals surface area contributed by atoms with Crippen LogP contribution < -0.4 is 10.1 Å². The Kier molecular flexibility index (Phi) is 4.21. The van der Waals surface area contributed by atoms with Crippen molar-refractivity contribution in [3.05, 3.63) is 29.3 Å². The van der Waals surface area contributed by atoms with Crippen molar-refractivity contribution in [3.63, 3.8) is 0 Å². The predicted molar refractivity (Wildman–Crippen MR) is 83.3 cm³/mol. The van der Waals surface area contributed by atoms with Gasteiger partial charge in [-0.05, 0) is 39.3 Å². The van der Waals surface area contributed by atoms with Crippen LogP contribution in [0.1, 0.15) is 31.9 Å². The Bertz CT molecular complexity index is 503. The van der Waals surface area contributed by atoms with Crippen LogP contribution in [0.4, 0.5) is 0 Å². The molecule has 1 aliphatic heterocycles. The minimum absolute atomic E-state index is 0.190. The Labute approximate surface area is 121 Å².